The minimum atomic E-state index is -1.02. The average molecular weight is 1960 g/mol. The first-order valence-corrected chi connectivity index (χ1v) is 47.7. The molecule has 738 valence electrons. The standard InChI is InChI=1S/C42H39FN10O5.C25H26FN7.C17H15N3O6.C13H9FN2O4.C4H7NO2/c43-27-5-1-4-25(20-27)32-7-3-15-51(32)37-13-12-35-44-22-34(53(35)47-37)31-6-2-8-36(45-31)48-16-18-49(19-17-48)40(56)26-23-50(24-26)28-9-10-29-30(21-28)42(58)52(41(29)57)33-11-14-38(54)46-39(33)55;26-19-5-1-4-18(16-19)21-7-3-13-32(21)25-10-9-23-28-17-22(33(23)30-25)20-6-2-8-24(29-20)31-14-11-27-12-15-31;21-13-4-3-12(14(22)18-13)20-15(23)10-2-1-9(5-11(10)16(20)24)19-6-8(7-19)17(25)26;14-6-1-2-7-8(5-6)13(20)16(12(7)19)9-3-4-10(17)15-11(9)18;6-4(7)3-1-5-2-3/h1-2,4-6,8-10,12-13,20-22,26,32-33H,3,7,11,14-19,23-24H2,(H,46,54,55);1-2,4-6,8-10,16-17,21,27H,3,7,11-15H2;1-2,5,8,12H,3-4,6-7H2,(H,25,26)(H,18,21,22);1-2,5,9H,3-4H2,(H,15,17,18);3,5H,1-2H2,(H,6,7)/t32-,33?;21-;;;/m11.../s1. The number of imidazole rings is 2. The maximum atomic E-state index is 14.1. The fraction of sp³-hybridized carbons (Fsp3) is 0.337. The number of halogens is 3. The van der Waals surface area contributed by atoms with Crippen LogP contribution in [0, 0.1) is 35.2 Å². The molecule has 0 bridgehead atoms. The number of hydrogen-bond donors (Lipinski definition) is 7. The molecule has 7 N–H and O–H groups in total. The van der Waals surface area contributed by atoms with E-state index in [2.05, 4.69) is 62.2 Å². The van der Waals surface area contributed by atoms with Crippen molar-refractivity contribution in [3.8, 4) is 22.8 Å². The number of carboxylic acids is 2. The first-order chi connectivity index (χ1) is 69.6. The van der Waals surface area contributed by atoms with Crippen LogP contribution in [0.15, 0.2) is 176 Å². The molecule has 19 heterocycles. The highest BCUT2D eigenvalue weighted by Gasteiger charge is 2.50. The molecule has 11 aromatic rings. The lowest BCUT2D eigenvalue weighted by molar-refractivity contribution is -0.144. The monoisotopic (exact) mass is 1960 g/mol. The topological polar surface area (TPSA) is 475 Å². The van der Waals surface area contributed by atoms with Crippen molar-refractivity contribution in [3.05, 3.63) is 238 Å². The van der Waals surface area contributed by atoms with E-state index >= 15 is 0 Å². The molecule has 13 amide bonds. The Balaban J connectivity index is 0.000000124. The fourth-order valence-electron chi connectivity index (χ4n) is 20.3. The number of benzene rings is 5. The predicted octanol–water partition coefficient (Wildman–Crippen LogP) is 6.27. The van der Waals surface area contributed by atoms with E-state index in [0.29, 0.717) is 76.8 Å². The van der Waals surface area contributed by atoms with Gasteiger partial charge in [0.05, 0.1) is 87.0 Å². The second-order valence-electron chi connectivity index (χ2n) is 37.1. The van der Waals surface area contributed by atoms with Gasteiger partial charge in [0.2, 0.25) is 41.4 Å². The van der Waals surface area contributed by atoms with Crippen LogP contribution in [0.5, 0.6) is 0 Å². The van der Waals surface area contributed by atoms with Crippen LogP contribution in [0.25, 0.3) is 34.1 Å². The maximum Gasteiger partial charge on any atom is 0.310 e. The molecule has 40 nitrogen and oxygen atoms in total. The van der Waals surface area contributed by atoms with Gasteiger partial charge in [-0.05, 0) is 183 Å². The number of pyridine rings is 2. The summed E-state index contributed by atoms with van der Waals surface area (Å²) in [5, 5.41) is 39.8. The molecule has 5 aromatic carbocycles. The van der Waals surface area contributed by atoms with Gasteiger partial charge >= 0.3 is 11.9 Å². The van der Waals surface area contributed by atoms with Gasteiger partial charge in [0, 0.05) is 135 Å². The molecular formula is C101H96F3N23O17. The number of carbonyl (C=O) groups excluding carboxylic acids is 13. The number of anilines is 6. The Labute approximate surface area is 818 Å². The van der Waals surface area contributed by atoms with Crippen molar-refractivity contribution in [1.82, 2.24) is 85.3 Å². The van der Waals surface area contributed by atoms with Crippen molar-refractivity contribution < 1.29 is 95.3 Å². The van der Waals surface area contributed by atoms with E-state index in [0.717, 1.165) is 160 Å². The van der Waals surface area contributed by atoms with Crippen LogP contribution < -0.4 is 56.0 Å². The lowest BCUT2D eigenvalue weighted by Gasteiger charge is -2.44. The van der Waals surface area contributed by atoms with E-state index in [1.165, 1.54) is 24.3 Å². The van der Waals surface area contributed by atoms with Crippen LogP contribution in [0.3, 0.4) is 0 Å². The summed E-state index contributed by atoms with van der Waals surface area (Å²) in [5.41, 5.74) is 8.86. The number of aliphatic carboxylic acids is 2. The molecule has 24 rings (SSSR count). The Morgan fingerprint density at radius 3 is 1.15 bits per heavy atom. The number of nitrogens with zero attached hydrogens (tertiary/aromatic N) is 18. The van der Waals surface area contributed by atoms with Crippen molar-refractivity contribution in [1.29, 1.82) is 0 Å². The number of carboxylic acid groups (broad SMARTS) is 2. The summed E-state index contributed by atoms with van der Waals surface area (Å²) < 4.78 is 44.8. The predicted molar refractivity (Wildman–Crippen MR) is 510 cm³/mol. The van der Waals surface area contributed by atoms with Gasteiger partial charge in [-0.2, -0.15) is 0 Å². The number of amides is 13. The summed E-state index contributed by atoms with van der Waals surface area (Å²) in [4.78, 5) is 217. The molecule has 0 spiro atoms. The Morgan fingerprint density at radius 2 is 0.750 bits per heavy atom. The van der Waals surface area contributed by atoms with Crippen molar-refractivity contribution in [2.24, 2.45) is 17.8 Å². The molecule has 10 fully saturated rings. The minimum Gasteiger partial charge on any atom is -0.481 e. The molecule has 144 heavy (non-hydrogen) atoms. The van der Waals surface area contributed by atoms with Crippen LogP contribution in [0.2, 0.25) is 0 Å². The smallest absolute Gasteiger partial charge is 0.310 e. The molecule has 43 heteroatoms. The van der Waals surface area contributed by atoms with Gasteiger partial charge < -0.3 is 55.1 Å². The van der Waals surface area contributed by atoms with Gasteiger partial charge in [-0.3, -0.25) is 103 Å². The molecule has 0 aliphatic carbocycles. The Hall–Kier alpha value is -16.6. The third-order valence-electron chi connectivity index (χ3n) is 28.2. The largest absolute Gasteiger partial charge is 0.481 e. The summed E-state index contributed by atoms with van der Waals surface area (Å²) in [7, 11) is 0. The zero-order valence-electron chi connectivity index (χ0n) is 77.4. The Morgan fingerprint density at radius 1 is 0.354 bits per heavy atom. The summed E-state index contributed by atoms with van der Waals surface area (Å²) in [6.07, 6.45) is 8.01. The number of rotatable bonds is 16. The number of hydrogen-bond acceptors (Lipinski definition) is 29. The first-order valence-electron chi connectivity index (χ1n) is 47.7. The normalized spacial score (nSPS) is 21.1. The average Bonchev–Trinajstić information content (AvgIpc) is 1.60. The van der Waals surface area contributed by atoms with Gasteiger partial charge in [-0.25, -0.2) is 42.1 Å². The van der Waals surface area contributed by atoms with Crippen LogP contribution in [-0.2, 0) is 43.2 Å². The minimum absolute atomic E-state index is 0.0363. The Kier molecular flexibility index (Phi) is 26.3. The van der Waals surface area contributed by atoms with Crippen molar-refractivity contribution in [2.75, 3.05) is 134 Å². The summed E-state index contributed by atoms with van der Waals surface area (Å²) in [6, 6.07) is 43.7. The quantitative estimate of drug-likeness (QED) is 0.0524. The van der Waals surface area contributed by atoms with E-state index in [-0.39, 0.29) is 113 Å². The van der Waals surface area contributed by atoms with Crippen LogP contribution in [0.1, 0.15) is 150 Å². The van der Waals surface area contributed by atoms with Crippen molar-refractivity contribution in [2.45, 2.75) is 94.4 Å². The van der Waals surface area contributed by atoms with Gasteiger partial charge in [0.15, 0.2) is 11.3 Å². The SMILES string of the molecule is Fc1cccc([C@H]2CCCN2c2ccc3ncc(-c4cccc(N5CCNCC5)n4)n3n2)c1.O=C(O)C1CNC1.O=C1CCC(N2C(=O)c3ccc(F)cc3C2=O)C(=O)N1.O=C1CCC(N2C(=O)c3ccc(N4CC(C(=O)N5CCN(c6cccc(-c7cnc8ccc(N9CCC[C@@H]9c9cccc(F)c9)nn78)n6)CC5)C4)cc3C2=O)C(=O)N1.O=C1CCC(N2C(=O)c3ccc(N4CC(C(=O)O)C4)cc3C2=O)C(=O)N1. The number of nitrogens with one attached hydrogen (secondary N) is 5. The lowest BCUT2D eigenvalue weighted by Crippen LogP contribution is -2.58. The number of piperidine rings is 3. The van der Waals surface area contributed by atoms with Gasteiger partial charge in [0.1, 0.15) is 70.2 Å². The molecule has 0 saturated carbocycles. The van der Waals surface area contributed by atoms with Gasteiger partial charge in [-0.1, -0.05) is 36.4 Å². The number of aromatic nitrogens is 8. The van der Waals surface area contributed by atoms with Crippen LogP contribution in [-0.4, -0.2) is 281 Å². The number of imide groups is 6. The molecular weight excluding hydrogens is 1860 g/mol. The molecule has 6 aromatic heterocycles. The van der Waals surface area contributed by atoms with Crippen LogP contribution >= 0.6 is 0 Å². The number of carbonyl (C=O) groups is 15. The van der Waals surface area contributed by atoms with Crippen molar-refractivity contribution in [3.63, 3.8) is 0 Å². The van der Waals surface area contributed by atoms with E-state index < -0.39 is 113 Å². The number of fused-ring (bicyclic) bond motifs is 5. The fourth-order valence-corrected chi connectivity index (χ4v) is 20.3. The summed E-state index contributed by atoms with van der Waals surface area (Å²) in [5.74, 6) is -6.68. The second-order valence-corrected chi connectivity index (χ2v) is 37.1. The number of piperazine rings is 2. The summed E-state index contributed by atoms with van der Waals surface area (Å²) in [6.45, 7) is 10.8. The maximum absolute atomic E-state index is 14.1. The lowest BCUT2D eigenvalue weighted by atomic mass is 9.96. The van der Waals surface area contributed by atoms with Crippen molar-refractivity contribution >= 4 is 135 Å². The van der Waals surface area contributed by atoms with Gasteiger partial charge in [0.25, 0.3) is 35.4 Å². The third kappa shape index (κ3) is 18.8. The molecule has 13 aliphatic rings. The van der Waals surface area contributed by atoms with Gasteiger partial charge in [-0.15, -0.1) is 10.2 Å². The summed E-state index contributed by atoms with van der Waals surface area (Å²) >= 11 is 0. The second kappa shape index (κ2) is 39.8. The first kappa shape index (κ1) is 95.0. The highest BCUT2D eigenvalue weighted by Crippen LogP contribution is 2.42. The highest BCUT2D eigenvalue weighted by molar-refractivity contribution is 6.26. The van der Waals surface area contributed by atoms with E-state index in [1.807, 2.05) is 96.7 Å². The zero-order valence-corrected chi connectivity index (χ0v) is 77.4. The molecule has 0 radical (unpaired) electrons. The third-order valence-corrected chi connectivity index (χ3v) is 28.2. The van der Waals surface area contributed by atoms with Crippen LogP contribution in [0.4, 0.5) is 47.8 Å². The molecule has 3 unspecified atom stereocenters. The molecule has 10 saturated heterocycles. The van der Waals surface area contributed by atoms with E-state index in [9.17, 15) is 85.1 Å². The Bertz CT molecular complexity index is 7110. The zero-order chi connectivity index (χ0) is 100. The molecule has 13 aliphatic heterocycles. The highest BCUT2D eigenvalue weighted by atomic mass is 19.1. The van der Waals surface area contributed by atoms with E-state index in [1.54, 1.807) is 60.8 Å². The molecule has 5 atom stereocenters. The van der Waals surface area contributed by atoms with E-state index in [4.69, 9.17) is 30.4 Å².